The molecule has 24 heavy (non-hydrogen) atoms. The quantitative estimate of drug-likeness (QED) is 0.543. The van der Waals surface area contributed by atoms with Crippen molar-refractivity contribution in [3.8, 4) is 11.5 Å². The second-order valence-corrected chi connectivity index (χ2v) is 5.09. The van der Waals surface area contributed by atoms with Gasteiger partial charge in [-0.2, -0.15) is 5.10 Å². The number of benzene rings is 1. The molecule has 2 aromatic heterocycles. The largest absolute Gasteiger partial charge is 0.444 e. The summed E-state index contributed by atoms with van der Waals surface area (Å²) in [5.41, 5.74) is 1.75. The lowest BCUT2D eigenvalue weighted by Crippen LogP contribution is -2.37. The number of aliphatic imine (C=N–C) groups is 1. The van der Waals surface area contributed by atoms with E-state index in [1.54, 1.807) is 18.0 Å². The van der Waals surface area contributed by atoms with E-state index in [1.165, 1.54) is 6.33 Å². The van der Waals surface area contributed by atoms with E-state index in [0.717, 1.165) is 17.1 Å². The Morgan fingerprint density at radius 2 is 2.00 bits per heavy atom. The van der Waals surface area contributed by atoms with Crippen molar-refractivity contribution < 1.29 is 4.42 Å². The second kappa shape index (κ2) is 7.40. The van der Waals surface area contributed by atoms with Crippen molar-refractivity contribution in [2.45, 2.75) is 13.1 Å². The van der Waals surface area contributed by atoms with Crippen LogP contribution in [0.1, 0.15) is 11.5 Å². The van der Waals surface area contributed by atoms with Crippen molar-refractivity contribution in [1.82, 2.24) is 30.4 Å². The number of aromatic nitrogens is 4. The molecule has 3 rings (SSSR count). The average Bonchev–Trinajstić information content (AvgIpc) is 3.25. The number of oxazole rings is 1. The number of aryl methyl sites for hydroxylation is 1. The summed E-state index contributed by atoms with van der Waals surface area (Å²) >= 11 is 0. The van der Waals surface area contributed by atoms with E-state index in [1.807, 2.05) is 37.4 Å². The second-order valence-electron chi connectivity index (χ2n) is 5.09. The van der Waals surface area contributed by atoms with Crippen LogP contribution in [0.2, 0.25) is 0 Å². The molecule has 0 spiro atoms. The van der Waals surface area contributed by atoms with Crippen molar-refractivity contribution >= 4 is 5.96 Å². The lowest BCUT2D eigenvalue weighted by molar-refractivity contribution is 0.572. The summed E-state index contributed by atoms with van der Waals surface area (Å²) in [4.78, 5) is 12.8. The Kier molecular flexibility index (Phi) is 4.85. The predicted octanol–water partition coefficient (Wildman–Crippen LogP) is 1.34. The first-order valence-electron chi connectivity index (χ1n) is 7.53. The Morgan fingerprint density at radius 3 is 2.71 bits per heavy atom. The van der Waals surface area contributed by atoms with Gasteiger partial charge in [0.15, 0.2) is 5.96 Å². The molecule has 3 aromatic rings. The summed E-state index contributed by atoms with van der Waals surface area (Å²) in [6, 6.07) is 9.79. The zero-order valence-corrected chi connectivity index (χ0v) is 13.6. The molecule has 0 atom stereocenters. The van der Waals surface area contributed by atoms with Crippen LogP contribution in [-0.2, 0) is 20.1 Å². The molecule has 2 N–H and O–H groups in total. The standard InChI is InChI=1S/C16H19N7O/c1-17-16(19-9-14-20-11-21-23(14)2)18-8-13-10-24-15(22-13)12-6-4-3-5-7-12/h3-7,10-11H,8-9H2,1-2H3,(H2,17,18,19). The van der Waals surface area contributed by atoms with Gasteiger partial charge in [0.1, 0.15) is 18.4 Å². The Bertz CT molecular complexity index is 807. The van der Waals surface area contributed by atoms with Gasteiger partial charge >= 0.3 is 0 Å². The molecule has 0 radical (unpaired) electrons. The number of rotatable bonds is 5. The van der Waals surface area contributed by atoms with E-state index in [2.05, 4.69) is 30.7 Å². The fraction of sp³-hybridized carbons (Fsp3) is 0.250. The molecule has 0 saturated heterocycles. The maximum Gasteiger partial charge on any atom is 0.226 e. The van der Waals surface area contributed by atoms with E-state index in [9.17, 15) is 0 Å². The van der Waals surface area contributed by atoms with E-state index in [0.29, 0.717) is 24.9 Å². The zero-order chi connectivity index (χ0) is 16.8. The third-order valence-corrected chi connectivity index (χ3v) is 3.45. The maximum atomic E-state index is 5.52. The average molecular weight is 325 g/mol. The monoisotopic (exact) mass is 325 g/mol. The Morgan fingerprint density at radius 1 is 1.21 bits per heavy atom. The molecule has 8 nitrogen and oxygen atoms in total. The SMILES string of the molecule is CN=C(NCc1coc(-c2ccccc2)n1)NCc1ncnn1C. The molecule has 1 aromatic carbocycles. The van der Waals surface area contributed by atoms with Gasteiger partial charge in [0.25, 0.3) is 0 Å². The van der Waals surface area contributed by atoms with Gasteiger partial charge in [-0.25, -0.2) is 9.97 Å². The third kappa shape index (κ3) is 3.78. The lowest BCUT2D eigenvalue weighted by atomic mass is 10.2. The van der Waals surface area contributed by atoms with Crippen LogP contribution in [0, 0.1) is 0 Å². The van der Waals surface area contributed by atoms with Crippen molar-refractivity contribution in [1.29, 1.82) is 0 Å². The molecule has 0 aliphatic carbocycles. The number of nitrogens with one attached hydrogen (secondary N) is 2. The normalized spacial score (nSPS) is 11.5. The van der Waals surface area contributed by atoms with Crippen LogP contribution in [0.4, 0.5) is 0 Å². The van der Waals surface area contributed by atoms with Gasteiger partial charge in [-0.3, -0.25) is 9.67 Å². The van der Waals surface area contributed by atoms with Crippen LogP contribution in [0.3, 0.4) is 0 Å². The molecule has 2 heterocycles. The first-order chi connectivity index (χ1) is 11.8. The topological polar surface area (TPSA) is 93.2 Å². The van der Waals surface area contributed by atoms with Gasteiger partial charge in [0.05, 0.1) is 18.8 Å². The third-order valence-electron chi connectivity index (χ3n) is 3.45. The summed E-state index contributed by atoms with van der Waals surface area (Å²) in [5, 5.41) is 10.4. The minimum atomic E-state index is 0.509. The lowest BCUT2D eigenvalue weighted by Gasteiger charge is -2.10. The van der Waals surface area contributed by atoms with Crippen LogP contribution in [0.25, 0.3) is 11.5 Å². The van der Waals surface area contributed by atoms with Crippen LogP contribution in [-0.4, -0.2) is 32.8 Å². The molecule has 0 aliphatic heterocycles. The molecule has 0 unspecified atom stereocenters. The van der Waals surface area contributed by atoms with Crippen molar-refractivity contribution in [2.75, 3.05) is 7.05 Å². The highest BCUT2D eigenvalue weighted by atomic mass is 16.3. The number of guanidine groups is 1. The van der Waals surface area contributed by atoms with E-state index >= 15 is 0 Å². The molecule has 0 saturated carbocycles. The first-order valence-corrected chi connectivity index (χ1v) is 7.53. The molecule has 8 heteroatoms. The molecule has 124 valence electrons. The van der Waals surface area contributed by atoms with Gasteiger partial charge in [-0.15, -0.1) is 0 Å². The fourth-order valence-electron chi connectivity index (χ4n) is 2.14. The highest BCUT2D eigenvalue weighted by Gasteiger charge is 2.07. The highest BCUT2D eigenvalue weighted by Crippen LogP contribution is 2.17. The maximum absolute atomic E-state index is 5.52. The molecule has 0 fully saturated rings. The number of hydrogen-bond donors (Lipinski definition) is 2. The first kappa shape index (κ1) is 15.7. The van der Waals surface area contributed by atoms with Gasteiger partial charge in [-0.1, -0.05) is 18.2 Å². The van der Waals surface area contributed by atoms with Crippen LogP contribution >= 0.6 is 0 Å². The zero-order valence-electron chi connectivity index (χ0n) is 13.6. The van der Waals surface area contributed by atoms with Crippen LogP contribution < -0.4 is 10.6 Å². The molecule has 0 bridgehead atoms. The van der Waals surface area contributed by atoms with Crippen molar-refractivity contribution in [3.63, 3.8) is 0 Å². The summed E-state index contributed by atoms with van der Waals surface area (Å²) in [6.07, 6.45) is 3.17. The summed E-state index contributed by atoms with van der Waals surface area (Å²) in [6.45, 7) is 1.04. The van der Waals surface area contributed by atoms with Crippen molar-refractivity contribution in [2.24, 2.45) is 12.0 Å². The van der Waals surface area contributed by atoms with Gasteiger partial charge in [-0.05, 0) is 12.1 Å². The summed E-state index contributed by atoms with van der Waals surface area (Å²) in [7, 11) is 3.56. The minimum Gasteiger partial charge on any atom is -0.444 e. The Hall–Kier alpha value is -3.16. The highest BCUT2D eigenvalue weighted by molar-refractivity contribution is 5.79. The smallest absolute Gasteiger partial charge is 0.226 e. The van der Waals surface area contributed by atoms with Crippen LogP contribution in [0.5, 0.6) is 0 Å². The molecular weight excluding hydrogens is 306 g/mol. The van der Waals surface area contributed by atoms with E-state index in [4.69, 9.17) is 4.42 Å². The van der Waals surface area contributed by atoms with Gasteiger partial charge < -0.3 is 15.1 Å². The Balaban J connectivity index is 1.54. The molecular formula is C16H19N7O. The predicted molar refractivity (Wildman–Crippen MR) is 90.0 cm³/mol. The van der Waals surface area contributed by atoms with E-state index < -0.39 is 0 Å². The van der Waals surface area contributed by atoms with E-state index in [-0.39, 0.29) is 0 Å². The number of hydrogen-bond acceptors (Lipinski definition) is 5. The number of nitrogens with zero attached hydrogens (tertiary/aromatic N) is 5. The van der Waals surface area contributed by atoms with Crippen LogP contribution in [0.15, 0.2) is 52.3 Å². The fourth-order valence-corrected chi connectivity index (χ4v) is 2.14. The summed E-state index contributed by atoms with van der Waals surface area (Å²) in [5.74, 6) is 2.09. The minimum absolute atomic E-state index is 0.509. The Labute approximate surface area is 139 Å². The summed E-state index contributed by atoms with van der Waals surface area (Å²) < 4.78 is 7.23. The molecule has 0 aliphatic rings. The van der Waals surface area contributed by atoms with Gasteiger partial charge in [0, 0.05) is 19.7 Å². The molecule has 0 amide bonds. The van der Waals surface area contributed by atoms with Crippen molar-refractivity contribution in [3.05, 3.63) is 54.4 Å². The van der Waals surface area contributed by atoms with Gasteiger partial charge in [0.2, 0.25) is 5.89 Å².